The molecule has 0 fully saturated rings. The number of carbonyl (C=O) groups is 2. The summed E-state index contributed by atoms with van der Waals surface area (Å²) in [4.78, 5) is 25.6. The number of halogens is 3. The van der Waals surface area contributed by atoms with E-state index in [1.807, 2.05) is 0 Å². The van der Waals surface area contributed by atoms with Crippen LogP contribution in [0.5, 0.6) is 0 Å². The highest BCUT2D eigenvalue weighted by molar-refractivity contribution is 7.12. The molecular formula is C20H15F3N2O2S. The second-order valence-electron chi connectivity index (χ2n) is 5.86. The van der Waals surface area contributed by atoms with Gasteiger partial charge in [0.2, 0.25) is 0 Å². The standard InChI is InChI=1S/C20H15F3N2O2S/c21-20(22,23)14-8-4-9-15(12-14)24-19(27)17(13-6-2-1-3-7-13)25-18(26)16-10-5-11-28-16/h1-12,17H,(H,24,27)(H,25,26). The van der Waals surface area contributed by atoms with E-state index in [4.69, 9.17) is 0 Å². The van der Waals surface area contributed by atoms with E-state index in [0.29, 0.717) is 10.4 Å². The Kier molecular flexibility index (Phi) is 5.79. The third-order valence-electron chi connectivity index (χ3n) is 3.87. The van der Waals surface area contributed by atoms with Crippen LogP contribution in [-0.4, -0.2) is 11.8 Å². The molecule has 2 N–H and O–H groups in total. The summed E-state index contributed by atoms with van der Waals surface area (Å²) in [5.74, 6) is -1.08. The first-order valence-electron chi connectivity index (χ1n) is 8.22. The lowest BCUT2D eigenvalue weighted by Crippen LogP contribution is -2.36. The highest BCUT2D eigenvalue weighted by Gasteiger charge is 2.31. The maximum atomic E-state index is 12.9. The molecule has 3 aromatic rings. The number of thiophene rings is 1. The summed E-state index contributed by atoms with van der Waals surface area (Å²) in [7, 11) is 0. The Bertz CT molecular complexity index is 957. The Morgan fingerprint density at radius 2 is 1.68 bits per heavy atom. The van der Waals surface area contributed by atoms with Crippen LogP contribution in [0.2, 0.25) is 0 Å². The molecule has 0 aliphatic heterocycles. The minimum absolute atomic E-state index is 0.00821. The smallest absolute Gasteiger partial charge is 0.336 e. The van der Waals surface area contributed by atoms with Gasteiger partial charge in [-0.1, -0.05) is 42.5 Å². The van der Waals surface area contributed by atoms with E-state index >= 15 is 0 Å². The van der Waals surface area contributed by atoms with Crippen molar-refractivity contribution in [3.05, 3.63) is 88.1 Å². The molecule has 1 atom stereocenters. The zero-order valence-electron chi connectivity index (χ0n) is 14.4. The average molecular weight is 404 g/mol. The van der Waals surface area contributed by atoms with Gasteiger partial charge in [-0.15, -0.1) is 11.3 Å². The first-order valence-corrected chi connectivity index (χ1v) is 9.10. The predicted octanol–water partition coefficient (Wildman–Crippen LogP) is 4.88. The quantitative estimate of drug-likeness (QED) is 0.637. The van der Waals surface area contributed by atoms with Gasteiger partial charge < -0.3 is 10.6 Å². The SMILES string of the molecule is O=C(NC(C(=O)Nc1cccc(C(F)(F)F)c1)c1ccccc1)c1cccs1. The molecule has 144 valence electrons. The molecule has 1 unspecified atom stereocenters. The van der Waals surface area contributed by atoms with E-state index in [9.17, 15) is 22.8 Å². The molecule has 1 heterocycles. The van der Waals surface area contributed by atoms with Crippen LogP contribution in [0, 0.1) is 0 Å². The van der Waals surface area contributed by atoms with Crippen molar-refractivity contribution in [3.63, 3.8) is 0 Å². The summed E-state index contributed by atoms with van der Waals surface area (Å²) < 4.78 is 38.7. The molecule has 3 rings (SSSR count). The number of anilines is 1. The molecule has 0 radical (unpaired) electrons. The number of hydrogen-bond donors (Lipinski definition) is 2. The van der Waals surface area contributed by atoms with Crippen molar-refractivity contribution in [1.29, 1.82) is 0 Å². The van der Waals surface area contributed by atoms with Gasteiger partial charge in [0, 0.05) is 5.69 Å². The molecule has 0 saturated heterocycles. The molecule has 0 spiro atoms. The molecule has 0 aliphatic carbocycles. The summed E-state index contributed by atoms with van der Waals surface area (Å²) in [6.07, 6.45) is -4.52. The summed E-state index contributed by atoms with van der Waals surface area (Å²) >= 11 is 1.22. The minimum atomic E-state index is -4.52. The van der Waals surface area contributed by atoms with Gasteiger partial charge in [0.05, 0.1) is 10.4 Å². The Hall–Kier alpha value is -3.13. The maximum absolute atomic E-state index is 12.9. The van der Waals surface area contributed by atoms with Crippen molar-refractivity contribution in [3.8, 4) is 0 Å². The van der Waals surface area contributed by atoms with E-state index in [0.717, 1.165) is 12.1 Å². The van der Waals surface area contributed by atoms with Crippen LogP contribution in [0.3, 0.4) is 0 Å². The van der Waals surface area contributed by atoms with E-state index in [-0.39, 0.29) is 5.69 Å². The molecule has 2 amide bonds. The van der Waals surface area contributed by atoms with Crippen molar-refractivity contribution in [2.24, 2.45) is 0 Å². The van der Waals surface area contributed by atoms with E-state index in [1.165, 1.54) is 23.5 Å². The summed E-state index contributed by atoms with van der Waals surface area (Å²) in [5.41, 5.74) is -0.368. The third-order valence-corrected chi connectivity index (χ3v) is 4.74. The van der Waals surface area contributed by atoms with Gasteiger partial charge in [0.25, 0.3) is 11.8 Å². The highest BCUT2D eigenvalue weighted by Crippen LogP contribution is 2.31. The second-order valence-corrected chi connectivity index (χ2v) is 6.81. The molecule has 1 aromatic heterocycles. The van der Waals surface area contributed by atoms with Crippen molar-refractivity contribution >= 4 is 28.8 Å². The van der Waals surface area contributed by atoms with E-state index in [2.05, 4.69) is 10.6 Å². The second kappa shape index (κ2) is 8.26. The lowest BCUT2D eigenvalue weighted by molar-refractivity contribution is -0.137. The van der Waals surface area contributed by atoms with Gasteiger partial charge >= 0.3 is 6.18 Å². The normalized spacial score (nSPS) is 12.2. The van der Waals surface area contributed by atoms with Gasteiger partial charge in [-0.05, 0) is 35.2 Å². The molecular weight excluding hydrogens is 389 g/mol. The van der Waals surface area contributed by atoms with Crippen LogP contribution < -0.4 is 10.6 Å². The van der Waals surface area contributed by atoms with Gasteiger partial charge in [-0.3, -0.25) is 9.59 Å². The fourth-order valence-corrected chi connectivity index (χ4v) is 3.17. The molecule has 8 heteroatoms. The zero-order valence-corrected chi connectivity index (χ0v) is 15.2. The van der Waals surface area contributed by atoms with E-state index in [1.54, 1.807) is 47.8 Å². The number of alkyl halides is 3. The van der Waals surface area contributed by atoms with Crippen molar-refractivity contribution in [2.75, 3.05) is 5.32 Å². The van der Waals surface area contributed by atoms with Crippen LogP contribution in [-0.2, 0) is 11.0 Å². The van der Waals surface area contributed by atoms with Gasteiger partial charge in [-0.25, -0.2) is 0 Å². The highest BCUT2D eigenvalue weighted by atomic mass is 32.1. The average Bonchev–Trinajstić information content (AvgIpc) is 3.21. The number of carbonyl (C=O) groups excluding carboxylic acids is 2. The zero-order chi connectivity index (χ0) is 20.1. The molecule has 0 saturated carbocycles. The van der Waals surface area contributed by atoms with Gasteiger partial charge in [0.15, 0.2) is 0 Å². The predicted molar refractivity (Wildman–Crippen MR) is 101 cm³/mol. The number of rotatable bonds is 5. The van der Waals surface area contributed by atoms with Crippen LogP contribution in [0.4, 0.5) is 18.9 Å². The number of nitrogens with one attached hydrogen (secondary N) is 2. The number of hydrogen-bond acceptors (Lipinski definition) is 3. The molecule has 28 heavy (non-hydrogen) atoms. The fourth-order valence-electron chi connectivity index (χ4n) is 2.54. The van der Waals surface area contributed by atoms with Crippen molar-refractivity contribution < 1.29 is 22.8 Å². The molecule has 0 bridgehead atoms. The summed E-state index contributed by atoms with van der Waals surface area (Å²) in [6, 6.07) is 15.1. The minimum Gasteiger partial charge on any atom is -0.336 e. The molecule has 2 aromatic carbocycles. The summed E-state index contributed by atoms with van der Waals surface area (Å²) in [5, 5.41) is 6.82. The first-order chi connectivity index (χ1) is 13.3. The van der Waals surface area contributed by atoms with Crippen LogP contribution in [0.15, 0.2) is 72.1 Å². The lowest BCUT2D eigenvalue weighted by atomic mass is 10.1. The fraction of sp³-hybridized carbons (Fsp3) is 0.100. The maximum Gasteiger partial charge on any atom is 0.416 e. The summed E-state index contributed by atoms with van der Waals surface area (Å²) in [6.45, 7) is 0. The largest absolute Gasteiger partial charge is 0.416 e. The van der Waals surface area contributed by atoms with Gasteiger partial charge in [0.1, 0.15) is 6.04 Å². The topological polar surface area (TPSA) is 58.2 Å². The van der Waals surface area contributed by atoms with Crippen molar-refractivity contribution in [1.82, 2.24) is 5.32 Å². The Labute approximate surface area is 163 Å². The Morgan fingerprint density at radius 1 is 0.929 bits per heavy atom. The van der Waals surface area contributed by atoms with Crippen molar-refractivity contribution in [2.45, 2.75) is 12.2 Å². The monoisotopic (exact) mass is 404 g/mol. The van der Waals surface area contributed by atoms with E-state index < -0.39 is 29.6 Å². The Balaban J connectivity index is 1.84. The van der Waals surface area contributed by atoms with Gasteiger partial charge in [-0.2, -0.15) is 13.2 Å². The van der Waals surface area contributed by atoms with Crippen LogP contribution in [0.25, 0.3) is 0 Å². The number of amides is 2. The Morgan fingerprint density at radius 3 is 2.32 bits per heavy atom. The van der Waals surface area contributed by atoms with Crippen LogP contribution in [0.1, 0.15) is 26.8 Å². The third kappa shape index (κ3) is 4.77. The number of benzene rings is 2. The first kappa shape index (κ1) is 19.6. The lowest BCUT2D eigenvalue weighted by Gasteiger charge is -2.19. The molecule has 0 aliphatic rings. The van der Waals surface area contributed by atoms with Crippen LogP contribution >= 0.6 is 11.3 Å². The molecule has 4 nitrogen and oxygen atoms in total.